The highest BCUT2D eigenvalue weighted by atomic mass is 16.5. The maximum absolute atomic E-state index is 12.5. The lowest BCUT2D eigenvalue weighted by molar-refractivity contribution is 0.0697. The maximum atomic E-state index is 12.5. The van der Waals surface area contributed by atoms with Crippen LogP contribution in [0.2, 0.25) is 0 Å². The number of alkyl carbamates (subject to hydrolysis) is 1. The predicted molar refractivity (Wildman–Crippen MR) is 190 cm³/mol. The summed E-state index contributed by atoms with van der Waals surface area (Å²) in [6.45, 7) is 2.70. The molecule has 2 atom stereocenters. The van der Waals surface area contributed by atoms with E-state index in [1.807, 2.05) is 18.2 Å². The average Bonchev–Trinajstić information content (AvgIpc) is 3.13. The summed E-state index contributed by atoms with van der Waals surface area (Å²) >= 11 is 0. The first-order valence-corrected chi connectivity index (χ1v) is 17.4. The summed E-state index contributed by atoms with van der Waals surface area (Å²) in [5.41, 5.74) is 4.26. The first-order valence-electron chi connectivity index (χ1n) is 17.4. The van der Waals surface area contributed by atoms with E-state index in [0.717, 1.165) is 92.0 Å². The number of benzene rings is 3. The summed E-state index contributed by atoms with van der Waals surface area (Å²) in [5, 5.41) is 20.1. The van der Waals surface area contributed by atoms with Crippen molar-refractivity contribution in [1.29, 1.82) is 0 Å². The summed E-state index contributed by atoms with van der Waals surface area (Å²) in [6.07, 6.45) is 7.55. The minimum atomic E-state index is -0.984. The summed E-state index contributed by atoms with van der Waals surface area (Å²) < 4.78 is 14.5. The number of aromatic carboxylic acids is 1. The highest BCUT2D eigenvalue weighted by Gasteiger charge is 2.29. The Hall–Kier alpha value is -5.06. The zero-order valence-corrected chi connectivity index (χ0v) is 28.3. The largest absolute Gasteiger partial charge is 0.478 e. The van der Waals surface area contributed by atoms with Gasteiger partial charge in [0.15, 0.2) is 6.04 Å². The Bertz CT molecular complexity index is 1870. The second-order valence-corrected chi connectivity index (χ2v) is 12.8. The van der Waals surface area contributed by atoms with Crippen LogP contribution in [-0.2, 0) is 4.74 Å². The van der Waals surface area contributed by atoms with Crippen LogP contribution < -0.4 is 30.8 Å². The number of piperidine rings is 2. The number of amides is 3. The Morgan fingerprint density at radius 1 is 0.939 bits per heavy atom. The topological polar surface area (TPSA) is 136 Å². The number of carboxylic acid groups (broad SMARTS) is 1. The van der Waals surface area contributed by atoms with Crippen molar-refractivity contribution >= 4 is 34.8 Å². The molecule has 0 aromatic heterocycles. The number of nitrogens with one attached hydrogen (secondary N) is 3. The van der Waals surface area contributed by atoms with E-state index < -0.39 is 12.1 Å². The molecule has 1 aliphatic carbocycles. The van der Waals surface area contributed by atoms with Gasteiger partial charge >= 0.3 is 18.1 Å². The van der Waals surface area contributed by atoms with Crippen molar-refractivity contribution in [2.45, 2.75) is 63.5 Å². The fraction of sp³-hybridized carbons (Fsp3) is 0.421. The lowest BCUT2D eigenvalue weighted by atomic mass is 9.90. The summed E-state index contributed by atoms with van der Waals surface area (Å²) in [6, 6.07) is 19.9. The first-order chi connectivity index (χ1) is 23.9. The fourth-order valence-electron chi connectivity index (χ4n) is 7.48. The molecule has 258 valence electrons. The lowest BCUT2D eigenvalue weighted by Gasteiger charge is -2.38. The second-order valence-electron chi connectivity index (χ2n) is 12.8. The third-order valence-corrected chi connectivity index (χ3v) is 9.91. The van der Waals surface area contributed by atoms with Gasteiger partial charge in [-0.1, -0.05) is 18.2 Å². The molecule has 0 bridgehead atoms. The van der Waals surface area contributed by atoms with Crippen molar-refractivity contribution in [3.8, 4) is 22.5 Å². The molecule has 2 unspecified atom stereocenters. The molecule has 3 aliphatic heterocycles. The number of carboxylic acids is 1. The molecule has 11 heteroatoms. The van der Waals surface area contributed by atoms with Crippen LogP contribution in [0.4, 0.5) is 15.3 Å². The smallest absolute Gasteiger partial charge is 0.406 e. The van der Waals surface area contributed by atoms with Gasteiger partial charge in [0.25, 0.3) is 0 Å². The van der Waals surface area contributed by atoms with E-state index in [-0.39, 0.29) is 23.7 Å². The van der Waals surface area contributed by atoms with Crippen molar-refractivity contribution in [3.05, 3.63) is 71.6 Å². The summed E-state index contributed by atoms with van der Waals surface area (Å²) in [5.74, 6) is -0.309. The highest BCUT2D eigenvalue weighted by Crippen LogP contribution is 2.42. The first kappa shape index (κ1) is 33.8. The minimum absolute atomic E-state index is 0.180. The van der Waals surface area contributed by atoms with E-state index in [2.05, 4.69) is 55.8 Å². The van der Waals surface area contributed by atoms with E-state index in [1.165, 1.54) is 0 Å². The zero-order chi connectivity index (χ0) is 34.3. The molecular formula is C38H46N5O6+. The number of anilines is 1. The monoisotopic (exact) mass is 668 g/mol. The van der Waals surface area contributed by atoms with Crippen LogP contribution in [0, 0.1) is 0 Å². The molecule has 2 aromatic carbocycles. The third-order valence-electron chi connectivity index (χ3n) is 9.91. The van der Waals surface area contributed by atoms with E-state index >= 15 is 0 Å². The Balaban J connectivity index is 1.47. The molecule has 3 amide bonds. The van der Waals surface area contributed by atoms with Gasteiger partial charge in [-0.3, -0.25) is 0 Å². The van der Waals surface area contributed by atoms with Crippen LogP contribution in [0.25, 0.3) is 33.4 Å². The van der Waals surface area contributed by atoms with Crippen molar-refractivity contribution in [1.82, 2.24) is 20.5 Å². The van der Waals surface area contributed by atoms with Crippen LogP contribution in [0.1, 0.15) is 61.7 Å². The number of urea groups is 1. The fourth-order valence-corrected chi connectivity index (χ4v) is 7.48. The SMILES string of the molecule is CNC(=O)NCCC1CCCCN1c1ccc2c(-c3ccccc3C(=O)O)c3ccc(=[N+]4CCCCC4CCOC(=O)NC)cc-3oc2c1. The Morgan fingerprint density at radius 3 is 2.59 bits per heavy atom. The molecular weight excluding hydrogens is 622 g/mol. The number of ether oxygens (including phenoxy) is 1. The molecule has 0 saturated carbocycles. The maximum Gasteiger partial charge on any atom is 0.406 e. The van der Waals surface area contributed by atoms with Crippen molar-refractivity contribution < 1.29 is 28.6 Å². The van der Waals surface area contributed by atoms with Crippen LogP contribution in [0.3, 0.4) is 0 Å². The van der Waals surface area contributed by atoms with Gasteiger partial charge < -0.3 is 35.1 Å². The zero-order valence-electron chi connectivity index (χ0n) is 28.3. The number of carbonyl (C=O) groups excluding carboxylic acids is 2. The van der Waals surface area contributed by atoms with Crippen LogP contribution in [0.15, 0.2) is 65.1 Å². The van der Waals surface area contributed by atoms with Gasteiger partial charge in [0.05, 0.1) is 18.2 Å². The molecule has 11 nitrogen and oxygen atoms in total. The van der Waals surface area contributed by atoms with Crippen molar-refractivity contribution in [3.63, 3.8) is 0 Å². The number of fused-ring (bicyclic) bond motifs is 2. The molecule has 0 radical (unpaired) electrons. The number of nitrogens with zero attached hydrogens (tertiary/aromatic N) is 2. The quantitative estimate of drug-likeness (QED) is 0.134. The van der Waals surface area contributed by atoms with Gasteiger partial charge in [0, 0.05) is 86.8 Å². The Labute approximate surface area is 286 Å². The normalized spacial score (nSPS) is 19.0. The minimum Gasteiger partial charge on any atom is -0.478 e. The Kier molecular flexibility index (Phi) is 10.7. The van der Waals surface area contributed by atoms with Gasteiger partial charge in [-0.05, 0) is 61.9 Å². The van der Waals surface area contributed by atoms with Gasteiger partial charge in [-0.2, -0.15) is 0 Å². The Morgan fingerprint density at radius 2 is 1.78 bits per heavy atom. The van der Waals surface area contributed by atoms with Gasteiger partial charge in [-0.15, -0.1) is 0 Å². The van der Waals surface area contributed by atoms with Crippen molar-refractivity contribution in [2.75, 3.05) is 45.2 Å². The van der Waals surface area contributed by atoms with Crippen LogP contribution in [0.5, 0.6) is 0 Å². The highest BCUT2D eigenvalue weighted by molar-refractivity contribution is 6.07. The lowest BCUT2D eigenvalue weighted by Crippen LogP contribution is -2.43. The number of hydrogen-bond donors (Lipinski definition) is 4. The van der Waals surface area contributed by atoms with E-state index in [9.17, 15) is 19.5 Å². The average molecular weight is 669 g/mol. The molecule has 2 aromatic rings. The molecule has 4 N–H and O–H groups in total. The molecule has 6 rings (SSSR count). The molecule has 4 aliphatic rings. The van der Waals surface area contributed by atoms with Gasteiger partial charge in [0.2, 0.25) is 5.36 Å². The van der Waals surface area contributed by atoms with E-state index in [1.54, 1.807) is 26.2 Å². The molecule has 2 fully saturated rings. The molecule has 0 spiro atoms. The molecule has 3 heterocycles. The third kappa shape index (κ3) is 7.50. The standard InChI is InChI=1S/C38H45N5O6/c1-39-37(46)41-19-17-25-9-5-7-20-42(25)27-13-15-31-33(23-27)49-34-24-28(43-21-8-6-10-26(43)18-22-48-38(47)40-2)14-16-32(34)35(31)29-11-3-4-12-30(29)36(44)45/h3-4,11-16,23-26H,5-10,17-22H2,1-2H3,(H3-,39,40,41,44,45,46,47)/p+1. The summed E-state index contributed by atoms with van der Waals surface area (Å²) in [7, 11) is 3.17. The van der Waals surface area contributed by atoms with Gasteiger partial charge in [-0.25, -0.2) is 19.0 Å². The predicted octanol–water partition coefficient (Wildman–Crippen LogP) is 5.65. The van der Waals surface area contributed by atoms with E-state index in [4.69, 9.17) is 9.15 Å². The van der Waals surface area contributed by atoms with Gasteiger partial charge in [0.1, 0.15) is 17.9 Å². The van der Waals surface area contributed by atoms with Crippen LogP contribution in [-0.4, -0.2) is 75.6 Å². The van der Waals surface area contributed by atoms with Crippen molar-refractivity contribution in [2.24, 2.45) is 0 Å². The molecule has 2 saturated heterocycles. The number of carbonyl (C=O) groups is 3. The number of rotatable bonds is 9. The summed E-state index contributed by atoms with van der Waals surface area (Å²) in [4.78, 5) is 38.3. The molecule has 49 heavy (non-hydrogen) atoms. The number of hydrogen-bond acceptors (Lipinski definition) is 6. The second kappa shape index (κ2) is 15.4. The van der Waals surface area contributed by atoms with E-state index in [0.29, 0.717) is 30.1 Å². The van der Waals surface area contributed by atoms with Crippen LogP contribution >= 0.6 is 0 Å².